The SMILES string of the molecule is CCC(=O)NCCc1nnc(-c2cccc(OC)c2)o1. The van der Waals surface area contributed by atoms with Crippen molar-refractivity contribution in [3.05, 3.63) is 30.2 Å². The molecule has 0 radical (unpaired) electrons. The highest BCUT2D eigenvalue weighted by atomic mass is 16.5. The van der Waals surface area contributed by atoms with Crippen molar-refractivity contribution in [1.29, 1.82) is 0 Å². The lowest BCUT2D eigenvalue weighted by molar-refractivity contribution is -0.120. The monoisotopic (exact) mass is 275 g/mol. The van der Waals surface area contributed by atoms with Crippen molar-refractivity contribution in [2.45, 2.75) is 19.8 Å². The second kappa shape index (κ2) is 6.70. The van der Waals surface area contributed by atoms with Gasteiger partial charge in [0.2, 0.25) is 17.7 Å². The van der Waals surface area contributed by atoms with E-state index in [1.54, 1.807) is 7.11 Å². The molecule has 2 rings (SSSR count). The van der Waals surface area contributed by atoms with Gasteiger partial charge in [0.05, 0.1) is 7.11 Å². The highest BCUT2D eigenvalue weighted by Crippen LogP contribution is 2.22. The summed E-state index contributed by atoms with van der Waals surface area (Å²) >= 11 is 0. The number of carbonyl (C=O) groups is 1. The molecule has 6 heteroatoms. The Kier molecular flexibility index (Phi) is 4.70. The second-order valence-electron chi connectivity index (χ2n) is 4.19. The number of nitrogens with one attached hydrogen (secondary N) is 1. The summed E-state index contributed by atoms with van der Waals surface area (Å²) in [7, 11) is 1.61. The Labute approximate surface area is 117 Å². The summed E-state index contributed by atoms with van der Waals surface area (Å²) in [6, 6.07) is 7.41. The number of carbonyl (C=O) groups excluding carboxylic acids is 1. The summed E-state index contributed by atoms with van der Waals surface area (Å²) in [6.07, 6.45) is 0.988. The second-order valence-corrected chi connectivity index (χ2v) is 4.19. The van der Waals surface area contributed by atoms with Crippen molar-refractivity contribution in [1.82, 2.24) is 15.5 Å². The van der Waals surface area contributed by atoms with Crippen molar-refractivity contribution in [3.63, 3.8) is 0 Å². The van der Waals surface area contributed by atoms with Gasteiger partial charge in [-0.1, -0.05) is 13.0 Å². The van der Waals surface area contributed by atoms with Crippen molar-refractivity contribution in [2.24, 2.45) is 0 Å². The molecule has 0 aliphatic carbocycles. The van der Waals surface area contributed by atoms with Crippen molar-refractivity contribution >= 4 is 5.91 Å². The summed E-state index contributed by atoms with van der Waals surface area (Å²) in [5.74, 6) is 1.69. The molecule has 0 atom stereocenters. The summed E-state index contributed by atoms with van der Waals surface area (Å²) in [6.45, 7) is 2.30. The predicted molar refractivity (Wildman–Crippen MR) is 73.3 cm³/mol. The quantitative estimate of drug-likeness (QED) is 0.870. The van der Waals surface area contributed by atoms with Crippen LogP contribution in [0.5, 0.6) is 5.75 Å². The van der Waals surface area contributed by atoms with Crippen molar-refractivity contribution in [2.75, 3.05) is 13.7 Å². The van der Waals surface area contributed by atoms with Gasteiger partial charge in [-0.05, 0) is 18.2 Å². The predicted octanol–water partition coefficient (Wildman–Crippen LogP) is 1.81. The van der Waals surface area contributed by atoms with E-state index in [0.717, 1.165) is 11.3 Å². The molecule has 1 heterocycles. The number of amides is 1. The number of hydrogen-bond donors (Lipinski definition) is 1. The van der Waals surface area contributed by atoms with Gasteiger partial charge in [-0.2, -0.15) is 0 Å². The maximum absolute atomic E-state index is 11.1. The molecule has 0 saturated carbocycles. The smallest absolute Gasteiger partial charge is 0.247 e. The van der Waals surface area contributed by atoms with Crippen LogP contribution in [0.2, 0.25) is 0 Å². The molecule has 0 aliphatic heterocycles. The molecule has 1 N–H and O–H groups in total. The van der Waals surface area contributed by atoms with E-state index in [-0.39, 0.29) is 5.91 Å². The number of benzene rings is 1. The highest BCUT2D eigenvalue weighted by Gasteiger charge is 2.09. The molecule has 0 fully saturated rings. The number of methoxy groups -OCH3 is 1. The maximum atomic E-state index is 11.1. The molecule has 0 spiro atoms. The summed E-state index contributed by atoms with van der Waals surface area (Å²) in [5.41, 5.74) is 0.806. The molecule has 0 unspecified atom stereocenters. The normalized spacial score (nSPS) is 10.3. The number of aromatic nitrogens is 2. The van der Waals surface area contributed by atoms with Crippen molar-refractivity contribution < 1.29 is 13.9 Å². The Balaban J connectivity index is 1.99. The zero-order chi connectivity index (χ0) is 14.4. The maximum Gasteiger partial charge on any atom is 0.247 e. The molecule has 1 aromatic heterocycles. The van der Waals surface area contributed by atoms with E-state index in [0.29, 0.717) is 31.2 Å². The van der Waals surface area contributed by atoms with Gasteiger partial charge in [-0.15, -0.1) is 10.2 Å². The fraction of sp³-hybridized carbons (Fsp3) is 0.357. The lowest BCUT2D eigenvalue weighted by Crippen LogP contribution is -2.24. The third-order valence-corrected chi connectivity index (χ3v) is 2.77. The van der Waals surface area contributed by atoms with Crippen LogP contribution >= 0.6 is 0 Å². The van der Waals surface area contributed by atoms with Gasteiger partial charge in [0.25, 0.3) is 0 Å². The van der Waals surface area contributed by atoms with Crippen LogP contribution in [0.15, 0.2) is 28.7 Å². The standard InChI is InChI=1S/C14H17N3O3/c1-3-12(18)15-8-7-13-16-17-14(20-13)10-5-4-6-11(9-10)19-2/h4-6,9H,3,7-8H2,1-2H3,(H,15,18). The highest BCUT2D eigenvalue weighted by molar-refractivity contribution is 5.75. The lowest BCUT2D eigenvalue weighted by atomic mass is 10.2. The van der Waals surface area contributed by atoms with E-state index >= 15 is 0 Å². The molecule has 1 aromatic carbocycles. The van der Waals surface area contributed by atoms with Gasteiger partial charge in [-0.25, -0.2) is 0 Å². The number of hydrogen-bond acceptors (Lipinski definition) is 5. The Morgan fingerprint density at radius 2 is 2.25 bits per heavy atom. The number of nitrogens with zero attached hydrogens (tertiary/aromatic N) is 2. The fourth-order valence-corrected chi connectivity index (χ4v) is 1.66. The van der Waals surface area contributed by atoms with Crippen LogP contribution in [0.25, 0.3) is 11.5 Å². The van der Waals surface area contributed by atoms with E-state index in [2.05, 4.69) is 15.5 Å². The summed E-state index contributed by atoms with van der Waals surface area (Å²) in [5, 5.41) is 10.7. The first kappa shape index (κ1) is 14.0. The van der Waals surface area contributed by atoms with E-state index in [1.165, 1.54) is 0 Å². The van der Waals surface area contributed by atoms with Gasteiger partial charge in [0.15, 0.2) is 0 Å². The third kappa shape index (κ3) is 3.57. The van der Waals surface area contributed by atoms with Crippen LogP contribution in [0.4, 0.5) is 0 Å². The van der Waals surface area contributed by atoms with Crippen LogP contribution in [-0.4, -0.2) is 29.8 Å². The number of ether oxygens (including phenoxy) is 1. The Hall–Kier alpha value is -2.37. The molecule has 0 bridgehead atoms. The van der Waals surface area contributed by atoms with Gasteiger partial charge in [0.1, 0.15) is 5.75 Å². The first-order valence-corrected chi connectivity index (χ1v) is 6.46. The Bertz CT molecular complexity index is 581. The van der Waals surface area contributed by atoms with E-state index in [1.807, 2.05) is 31.2 Å². The zero-order valence-corrected chi connectivity index (χ0v) is 11.5. The molecule has 0 aliphatic rings. The minimum atomic E-state index is 0.0116. The van der Waals surface area contributed by atoms with E-state index < -0.39 is 0 Å². The molecule has 1 amide bonds. The molecule has 2 aromatic rings. The topological polar surface area (TPSA) is 77.2 Å². The largest absolute Gasteiger partial charge is 0.497 e. The first-order chi connectivity index (χ1) is 9.72. The third-order valence-electron chi connectivity index (χ3n) is 2.77. The van der Waals surface area contributed by atoms with Gasteiger partial charge < -0.3 is 14.5 Å². The lowest BCUT2D eigenvalue weighted by Gasteiger charge is -2.01. The molecular weight excluding hydrogens is 258 g/mol. The Morgan fingerprint density at radius 3 is 3.00 bits per heavy atom. The molecule has 0 saturated heterocycles. The Morgan fingerprint density at radius 1 is 1.40 bits per heavy atom. The summed E-state index contributed by atoms with van der Waals surface area (Å²) in [4.78, 5) is 11.1. The van der Waals surface area contributed by atoms with Crippen LogP contribution in [0, 0.1) is 0 Å². The van der Waals surface area contributed by atoms with Crippen LogP contribution < -0.4 is 10.1 Å². The zero-order valence-electron chi connectivity index (χ0n) is 11.5. The summed E-state index contributed by atoms with van der Waals surface area (Å²) < 4.78 is 10.7. The number of rotatable bonds is 6. The minimum absolute atomic E-state index is 0.0116. The molecule has 20 heavy (non-hydrogen) atoms. The van der Waals surface area contributed by atoms with Crippen LogP contribution in [0.1, 0.15) is 19.2 Å². The molecule has 106 valence electrons. The minimum Gasteiger partial charge on any atom is -0.497 e. The van der Waals surface area contributed by atoms with E-state index in [9.17, 15) is 4.79 Å². The average molecular weight is 275 g/mol. The average Bonchev–Trinajstić information content (AvgIpc) is 2.96. The van der Waals surface area contributed by atoms with Gasteiger partial charge in [-0.3, -0.25) is 4.79 Å². The van der Waals surface area contributed by atoms with Crippen LogP contribution in [-0.2, 0) is 11.2 Å². The fourth-order valence-electron chi connectivity index (χ4n) is 1.66. The van der Waals surface area contributed by atoms with Gasteiger partial charge in [0, 0.05) is 24.9 Å². The first-order valence-electron chi connectivity index (χ1n) is 6.46. The van der Waals surface area contributed by atoms with E-state index in [4.69, 9.17) is 9.15 Å². The molecular formula is C14H17N3O3. The van der Waals surface area contributed by atoms with Crippen LogP contribution in [0.3, 0.4) is 0 Å². The van der Waals surface area contributed by atoms with Crippen molar-refractivity contribution in [3.8, 4) is 17.2 Å². The molecule has 6 nitrogen and oxygen atoms in total. The van der Waals surface area contributed by atoms with Gasteiger partial charge >= 0.3 is 0 Å².